The third-order valence-electron chi connectivity index (χ3n) is 3.74. The number of halogens is 1. The van der Waals surface area contributed by atoms with Crippen LogP contribution in [0.15, 0.2) is 28.7 Å². The molecule has 0 aromatic heterocycles. The number of aromatic carboxylic acids is 1. The Labute approximate surface area is 158 Å². The van der Waals surface area contributed by atoms with Crippen LogP contribution in [0.25, 0.3) is 11.1 Å². The van der Waals surface area contributed by atoms with Crippen molar-refractivity contribution < 1.29 is 33.6 Å². The van der Waals surface area contributed by atoms with Crippen LogP contribution in [-0.2, 0) is 4.74 Å². The van der Waals surface area contributed by atoms with Gasteiger partial charge >= 0.3 is 11.9 Å². The molecule has 2 aromatic carbocycles. The molecule has 0 heterocycles. The molecule has 2 aromatic rings. The van der Waals surface area contributed by atoms with Crippen molar-refractivity contribution in [1.82, 2.24) is 0 Å². The highest BCUT2D eigenvalue weighted by molar-refractivity contribution is 9.10. The molecule has 0 saturated heterocycles. The van der Waals surface area contributed by atoms with Gasteiger partial charge in [-0.15, -0.1) is 0 Å². The zero-order chi connectivity index (χ0) is 19.4. The largest absolute Gasteiger partial charge is 0.496 e. The molecule has 26 heavy (non-hydrogen) atoms. The van der Waals surface area contributed by atoms with E-state index >= 15 is 0 Å². The maximum Gasteiger partial charge on any atom is 0.338 e. The Kier molecular flexibility index (Phi) is 6.10. The first-order chi connectivity index (χ1) is 12.4. The van der Waals surface area contributed by atoms with Gasteiger partial charge in [0, 0.05) is 11.1 Å². The lowest BCUT2D eigenvalue weighted by molar-refractivity contribution is 0.0599. The lowest BCUT2D eigenvalue weighted by atomic mass is 9.93. The molecule has 8 heteroatoms. The van der Waals surface area contributed by atoms with Gasteiger partial charge in [0.05, 0.1) is 39.6 Å². The molecule has 0 radical (unpaired) electrons. The van der Waals surface area contributed by atoms with Crippen molar-refractivity contribution in [3.63, 3.8) is 0 Å². The number of carbonyl (C=O) groups is 2. The van der Waals surface area contributed by atoms with Crippen LogP contribution in [0, 0.1) is 0 Å². The Morgan fingerprint density at radius 3 is 2.08 bits per heavy atom. The molecule has 0 aliphatic rings. The van der Waals surface area contributed by atoms with Gasteiger partial charge in [0.2, 0.25) is 0 Å². The van der Waals surface area contributed by atoms with E-state index in [4.69, 9.17) is 18.9 Å². The normalized spacial score (nSPS) is 10.2. The number of methoxy groups -OCH3 is 4. The van der Waals surface area contributed by atoms with E-state index in [2.05, 4.69) is 15.9 Å². The highest BCUT2D eigenvalue weighted by Crippen LogP contribution is 2.48. The lowest BCUT2D eigenvalue weighted by Gasteiger charge is -2.20. The molecule has 0 unspecified atom stereocenters. The van der Waals surface area contributed by atoms with Crippen LogP contribution >= 0.6 is 15.9 Å². The van der Waals surface area contributed by atoms with Crippen molar-refractivity contribution in [2.75, 3.05) is 28.4 Å². The van der Waals surface area contributed by atoms with Crippen LogP contribution < -0.4 is 14.2 Å². The number of esters is 1. The number of carboxylic acid groups (broad SMARTS) is 1. The van der Waals surface area contributed by atoms with Gasteiger partial charge in [0.15, 0.2) is 0 Å². The molecule has 0 bridgehead atoms. The fraction of sp³-hybridized carbons (Fsp3) is 0.222. The zero-order valence-electron chi connectivity index (χ0n) is 14.6. The van der Waals surface area contributed by atoms with Crippen molar-refractivity contribution in [3.8, 4) is 28.4 Å². The second kappa shape index (κ2) is 8.09. The summed E-state index contributed by atoms with van der Waals surface area (Å²) in [6.45, 7) is 0. The average molecular weight is 425 g/mol. The van der Waals surface area contributed by atoms with E-state index in [0.29, 0.717) is 10.2 Å². The van der Waals surface area contributed by atoms with Gasteiger partial charge in [0.1, 0.15) is 21.7 Å². The fourth-order valence-corrected chi connectivity index (χ4v) is 3.24. The molecule has 0 saturated carbocycles. The summed E-state index contributed by atoms with van der Waals surface area (Å²) in [4.78, 5) is 24.2. The summed E-state index contributed by atoms with van der Waals surface area (Å²) < 4.78 is 21.2. The summed E-state index contributed by atoms with van der Waals surface area (Å²) in [5.41, 5.74) is 0.450. The molecule has 0 fully saturated rings. The summed E-state index contributed by atoms with van der Waals surface area (Å²) in [7, 11) is 5.46. The third-order valence-corrected chi connectivity index (χ3v) is 4.49. The predicted octanol–water partition coefficient (Wildman–Crippen LogP) is 3.63. The molecule has 1 N–H and O–H groups in total. The minimum atomic E-state index is -1.22. The highest BCUT2D eigenvalue weighted by Gasteiger charge is 2.29. The number of carbonyl (C=O) groups excluding carboxylic acids is 1. The van der Waals surface area contributed by atoms with E-state index in [1.165, 1.54) is 40.6 Å². The van der Waals surface area contributed by atoms with Gasteiger partial charge in [-0.1, -0.05) is 6.07 Å². The molecule has 0 spiro atoms. The first-order valence-electron chi connectivity index (χ1n) is 7.34. The predicted molar refractivity (Wildman–Crippen MR) is 97.5 cm³/mol. The molecule has 0 aliphatic carbocycles. The quantitative estimate of drug-likeness (QED) is 0.707. The highest BCUT2D eigenvalue weighted by atomic mass is 79.9. The summed E-state index contributed by atoms with van der Waals surface area (Å²) in [6.07, 6.45) is 0. The monoisotopic (exact) mass is 424 g/mol. The second-order valence-electron chi connectivity index (χ2n) is 5.03. The molecule has 0 aliphatic heterocycles. The fourth-order valence-electron chi connectivity index (χ4n) is 2.61. The Morgan fingerprint density at radius 2 is 1.58 bits per heavy atom. The van der Waals surface area contributed by atoms with Gasteiger partial charge in [0.25, 0.3) is 0 Å². The van der Waals surface area contributed by atoms with Crippen LogP contribution in [0.5, 0.6) is 17.2 Å². The van der Waals surface area contributed by atoms with Crippen molar-refractivity contribution in [2.24, 2.45) is 0 Å². The smallest absolute Gasteiger partial charge is 0.338 e. The number of rotatable bonds is 6. The molecular weight excluding hydrogens is 408 g/mol. The number of carboxylic acids is 1. The van der Waals surface area contributed by atoms with Crippen molar-refractivity contribution in [1.29, 1.82) is 0 Å². The molecule has 0 atom stereocenters. The van der Waals surface area contributed by atoms with Crippen LogP contribution in [-0.4, -0.2) is 45.5 Å². The van der Waals surface area contributed by atoms with Crippen LogP contribution in [0.4, 0.5) is 0 Å². The summed E-state index contributed by atoms with van der Waals surface area (Å²) in [6, 6.07) is 6.09. The maximum absolute atomic E-state index is 12.3. The standard InChI is InChI=1S/C18H17BrO7/c1-23-11-7-5-6-9(18(22)26-4)13(11)14-10(17(20)21)8-12(24-2)15(19)16(14)25-3/h5-8H,1-4H3,(H,20,21). The van der Waals surface area contributed by atoms with Gasteiger partial charge in [-0.05, 0) is 34.1 Å². The molecule has 0 amide bonds. The SMILES string of the molecule is COC(=O)c1cccc(OC)c1-c1c(C(=O)O)cc(OC)c(Br)c1OC. The van der Waals surface area contributed by atoms with Crippen LogP contribution in [0.2, 0.25) is 0 Å². The van der Waals surface area contributed by atoms with E-state index in [-0.39, 0.29) is 33.8 Å². The summed E-state index contributed by atoms with van der Waals surface area (Å²) in [5, 5.41) is 9.72. The summed E-state index contributed by atoms with van der Waals surface area (Å²) >= 11 is 3.36. The van der Waals surface area contributed by atoms with E-state index < -0.39 is 11.9 Å². The van der Waals surface area contributed by atoms with Crippen LogP contribution in [0.3, 0.4) is 0 Å². The average Bonchev–Trinajstić information content (AvgIpc) is 2.65. The van der Waals surface area contributed by atoms with E-state index in [1.807, 2.05) is 0 Å². The van der Waals surface area contributed by atoms with Gasteiger partial charge in [-0.25, -0.2) is 9.59 Å². The van der Waals surface area contributed by atoms with Crippen molar-refractivity contribution in [2.45, 2.75) is 0 Å². The molecular formula is C18H17BrO7. The minimum Gasteiger partial charge on any atom is -0.496 e. The van der Waals surface area contributed by atoms with Crippen molar-refractivity contribution >= 4 is 27.9 Å². The summed E-state index contributed by atoms with van der Waals surface area (Å²) in [5.74, 6) is -1.09. The molecule has 7 nitrogen and oxygen atoms in total. The second-order valence-corrected chi connectivity index (χ2v) is 5.82. The van der Waals surface area contributed by atoms with Gasteiger partial charge in [-0.2, -0.15) is 0 Å². The third kappa shape index (κ3) is 3.32. The minimum absolute atomic E-state index is 0.114. The van der Waals surface area contributed by atoms with E-state index in [0.717, 1.165) is 0 Å². The Bertz CT molecular complexity index is 861. The Balaban J connectivity index is 3.03. The number of benzene rings is 2. The zero-order valence-corrected chi connectivity index (χ0v) is 16.2. The van der Waals surface area contributed by atoms with Crippen molar-refractivity contribution in [3.05, 3.63) is 39.9 Å². The van der Waals surface area contributed by atoms with E-state index in [1.54, 1.807) is 12.1 Å². The molecule has 138 valence electrons. The first kappa shape index (κ1) is 19.6. The molecule has 2 rings (SSSR count). The Morgan fingerprint density at radius 1 is 0.923 bits per heavy atom. The maximum atomic E-state index is 12.3. The van der Waals surface area contributed by atoms with Gasteiger partial charge in [-0.3, -0.25) is 0 Å². The number of hydrogen-bond donors (Lipinski definition) is 1. The van der Waals surface area contributed by atoms with E-state index in [9.17, 15) is 14.7 Å². The number of hydrogen-bond acceptors (Lipinski definition) is 6. The number of ether oxygens (including phenoxy) is 4. The van der Waals surface area contributed by atoms with Crippen LogP contribution in [0.1, 0.15) is 20.7 Å². The first-order valence-corrected chi connectivity index (χ1v) is 8.13. The Hall–Kier alpha value is -2.74. The van der Waals surface area contributed by atoms with Gasteiger partial charge < -0.3 is 24.1 Å². The lowest BCUT2D eigenvalue weighted by Crippen LogP contribution is -2.09. The topological polar surface area (TPSA) is 91.3 Å².